The van der Waals surface area contributed by atoms with Crippen LogP contribution in [0.5, 0.6) is 0 Å². The van der Waals surface area contributed by atoms with Crippen molar-refractivity contribution in [1.29, 1.82) is 5.26 Å². The lowest BCUT2D eigenvalue weighted by Gasteiger charge is -2.22. The molecule has 220 valence electrons. The van der Waals surface area contributed by atoms with Gasteiger partial charge in [0.15, 0.2) is 11.1 Å². The Kier molecular flexibility index (Phi) is 7.84. The number of carbonyl (C=O) groups excluding carboxylic acids is 1. The maximum atomic E-state index is 14.1. The Bertz CT molecular complexity index is 2160. The molecule has 3 N–H and O–H groups in total. The molecule has 6 rings (SSSR count). The number of thiophene rings is 1. The number of aromatic amines is 1. The predicted molar refractivity (Wildman–Crippen MR) is 165 cm³/mol. The van der Waals surface area contributed by atoms with Gasteiger partial charge in [-0.25, -0.2) is 13.4 Å². The first-order valence-corrected chi connectivity index (χ1v) is 15.7. The zero-order chi connectivity index (χ0) is 30.7. The summed E-state index contributed by atoms with van der Waals surface area (Å²) in [5.41, 5.74) is 1.99. The van der Waals surface area contributed by atoms with Gasteiger partial charge in [0.05, 0.1) is 46.2 Å². The van der Waals surface area contributed by atoms with Crippen LogP contribution in [0.2, 0.25) is 0 Å². The summed E-state index contributed by atoms with van der Waals surface area (Å²) in [5.74, 6) is -0.0270. The summed E-state index contributed by atoms with van der Waals surface area (Å²) in [5, 5.41) is 16.8. The number of anilines is 1. The second kappa shape index (κ2) is 12.0. The topological polar surface area (TPSA) is 163 Å². The second-order valence-electron chi connectivity index (χ2n) is 9.86. The molecular formula is C31H24N6O5S2. The van der Waals surface area contributed by atoms with E-state index in [1.807, 2.05) is 18.2 Å². The molecule has 1 atom stereocenters. The summed E-state index contributed by atoms with van der Waals surface area (Å²) in [6.45, 7) is 0.394. The number of aromatic nitrogens is 3. The summed E-state index contributed by atoms with van der Waals surface area (Å²) < 4.78 is 35.7. The van der Waals surface area contributed by atoms with E-state index >= 15 is 0 Å². The molecule has 3 heterocycles. The summed E-state index contributed by atoms with van der Waals surface area (Å²) >= 11 is 1.29. The molecule has 0 saturated carbocycles. The van der Waals surface area contributed by atoms with Crippen LogP contribution in [0.25, 0.3) is 10.1 Å². The molecule has 0 spiro atoms. The lowest BCUT2D eigenvalue weighted by atomic mass is 10.1. The van der Waals surface area contributed by atoms with Crippen LogP contribution in [-0.2, 0) is 22.9 Å². The zero-order valence-electron chi connectivity index (χ0n) is 22.9. The minimum Gasteiger partial charge on any atom is -0.382 e. The molecule has 13 heteroatoms. The van der Waals surface area contributed by atoms with Crippen molar-refractivity contribution < 1.29 is 17.7 Å². The number of hydrogen-bond donors (Lipinski definition) is 3. The molecule has 3 aromatic heterocycles. The van der Waals surface area contributed by atoms with E-state index in [9.17, 15) is 18.0 Å². The fourth-order valence-corrected chi connectivity index (χ4v) is 7.25. The Morgan fingerprint density at radius 1 is 1.07 bits per heavy atom. The summed E-state index contributed by atoms with van der Waals surface area (Å²) in [7, 11) is -3.95. The van der Waals surface area contributed by atoms with Crippen molar-refractivity contribution in [2.45, 2.75) is 23.4 Å². The van der Waals surface area contributed by atoms with Gasteiger partial charge < -0.3 is 19.7 Å². The minimum atomic E-state index is -3.95. The van der Waals surface area contributed by atoms with E-state index in [0.717, 1.165) is 15.6 Å². The van der Waals surface area contributed by atoms with Crippen LogP contribution >= 0.6 is 11.3 Å². The Hall–Kier alpha value is -5.45. The zero-order valence-corrected chi connectivity index (χ0v) is 24.6. The summed E-state index contributed by atoms with van der Waals surface area (Å²) in [6.07, 6.45) is 3.11. The van der Waals surface area contributed by atoms with Crippen LogP contribution in [-0.4, -0.2) is 29.0 Å². The molecule has 0 aliphatic heterocycles. The first-order chi connectivity index (χ1) is 21.3. The molecule has 6 aromatic rings. The van der Waals surface area contributed by atoms with Gasteiger partial charge in [-0.3, -0.25) is 9.59 Å². The lowest BCUT2D eigenvalue weighted by molar-refractivity contribution is 0.0951. The van der Waals surface area contributed by atoms with Crippen LogP contribution in [0.15, 0.2) is 112 Å². The monoisotopic (exact) mass is 624 g/mol. The third-order valence-electron chi connectivity index (χ3n) is 6.87. The van der Waals surface area contributed by atoms with Crippen molar-refractivity contribution in [1.82, 2.24) is 20.0 Å². The Morgan fingerprint density at radius 3 is 2.59 bits per heavy atom. The quantitative estimate of drug-likeness (QED) is 0.195. The van der Waals surface area contributed by atoms with Gasteiger partial charge in [-0.2, -0.15) is 10.4 Å². The number of amides is 1. The van der Waals surface area contributed by atoms with Gasteiger partial charge >= 0.3 is 0 Å². The van der Waals surface area contributed by atoms with E-state index in [4.69, 9.17) is 9.78 Å². The summed E-state index contributed by atoms with van der Waals surface area (Å²) in [4.78, 5) is 28.9. The number of imidazole rings is 1. The highest BCUT2D eigenvalue weighted by atomic mass is 32.2. The van der Waals surface area contributed by atoms with Gasteiger partial charge in [0, 0.05) is 23.0 Å². The highest BCUT2D eigenvalue weighted by molar-refractivity contribution is 7.91. The average Bonchev–Trinajstić information content (AvgIpc) is 3.79. The van der Waals surface area contributed by atoms with E-state index in [0.29, 0.717) is 34.1 Å². The lowest BCUT2D eigenvalue weighted by Crippen LogP contribution is -2.24. The van der Waals surface area contributed by atoms with Crippen molar-refractivity contribution in [3.63, 3.8) is 0 Å². The van der Waals surface area contributed by atoms with Crippen molar-refractivity contribution in [2.24, 2.45) is 0 Å². The molecule has 3 aromatic carbocycles. The highest BCUT2D eigenvalue weighted by Crippen LogP contribution is 2.34. The second-order valence-corrected chi connectivity index (χ2v) is 13.0. The largest absolute Gasteiger partial charge is 0.382 e. The van der Waals surface area contributed by atoms with Crippen LogP contribution in [0.1, 0.15) is 37.6 Å². The third kappa shape index (κ3) is 6.03. The molecule has 1 amide bonds. The number of fused-ring (bicyclic) bond motifs is 1. The number of nitrogens with one attached hydrogen (secondary N) is 3. The van der Waals surface area contributed by atoms with Gasteiger partial charge in [-0.15, -0.1) is 11.3 Å². The van der Waals surface area contributed by atoms with Gasteiger partial charge in [0.2, 0.25) is 9.84 Å². The fraction of sp³-hybridized carbons (Fsp3) is 0.0968. The number of nitriles is 1. The number of rotatable bonds is 10. The maximum Gasteiger partial charge on any atom is 0.280 e. The molecule has 0 aliphatic rings. The van der Waals surface area contributed by atoms with Crippen molar-refractivity contribution in [3.05, 3.63) is 135 Å². The number of hydrogen-bond acceptors (Lipinski definition) is 9. The van der Waals surface area contributed by atoms with Gasteiger partial charge in [0.25, 0.3) is 11.5 Å². The number of nitrogens with zero attached hydrogens (tertiary/aromatic N) is 3. The van der Waals surface area contributed by atoms with Crippen LogP contribution in [0.3, 0.4) is 0 Å². The van der Waals surface area contributed by atoms with E-state index < -0.39 is 15.2 Å². The average molecular weight is 625 g/mol. The molecular weight excluding hydrogens is 601 g/mol. The molecule has 0 fully saturated rings. The molecule has 0 aliphatic carbocycles. The Balaban J connectivity index is 1.30. The van der Waals surface area contributed by atoms with Gasteiger partial charge in [0.1, 0.15) is 0 Å². The van der Waals surface area contributed by atoms with Crippen molar-refractivity contribution in [2.75, 3.05) is 5.32 Å². The minimum absolute atomic E-state index is 0.0494. The van der Waals surface area contributed by atoms with E-state index in [1.165, 1.54) is 23.6 Å². The molecule has 44 heavy (non-hydrogen) atoms. The van der Waals surface area contributed by atoms with Crippen molar-refractivity contribution >= 4 is 42.9 Å². The van der Waals surface area contributed by atoms with Gasteiger partial charge in [-0.05, 0) is 59.5 Å². The fourth-order valence-electron chi connectivity index (χ4n) is 4.68. The van der Waals surface area contributed by atoms with Crippen molar-refractivity contribution in [3.8, 4) is 6.07 Å². The van der Waals surface area contributed by atoms with Crippen LogP contribution in [0, 0.1) is 11.3 Å². The number of sulfone groups is 1. The number of carbonyl (C=O) groups is 1. The van der Waals surface area contributed by atoms with Crippen LogP contribution in [0.4, 0.5) is 5.69 Å². The van der Waals surface area contributed by atoms with E-state index in [1.54, 1.807) is 71.6 Å². The number of H-pyrrole nitrogens is 1. The maximum absolute atomic E-state index is 14.1. The third-order valence-corrected chi connectivity index (χ3v) is 9.89. The standard InChI is InChI=1S/C31H24N6O5S2/c32-15-20-6-8-21(9-7-20)18-37-19-33-17-26(37)31(44(40,41)25-4-2-1-3-5-25)35-23-10-11-27-22(12-23)13-28(43-27)30(39)34-16-24-14-29(38)36-42-24/h1-14,17,19,31,35H,16,18H2,(H,34,39)(H,36,38). The highest BCUT2D eigenvalue weighted by Gasteiger charge is 2.32. The first-order valence-electron chi connectivity index (χ1n) is 13.3. The molecule has 1 unspecified atom stereocenters. The predicted octanol–water partition coefficient (Wildman–Crippen LogP) is 4.81. The Morgan fingerprint density at radius 2 is 1.86 bits per heavy atom. The molecule has 0 bridgehead atoms. The summed E-state index contributed by atoms with van der Waals surface area (Å²) in [6, 6.07) is 25.7. The normalized spacial score (nSPS) is 12.1. The van der Waals surface area contributed by atoms with Gasteiger partial charge in [-0.1, -0.05) is 30.3 Å². The van der Waals surface area contributed by atoms with E-state index in [2.05, 4.69) is 26.8 Å². The SMILES string of the molecule is N#Cc1ccc(Cn2cncc2C(Nc2ccc3sc(C(=O)NCc4cc(=O)[nH]o4)cc3c2)S(=O)(=O)c2ccccc2)cc1. The Labute approximate surface area is 255 Å². The first kappa shape index (κ1) is 28.7. The molecule has 0 radical (unpaired) electrons. The molecule has 0 saturated heterocycles. The molecule has 11 nitrogen and oxygen atoms in total. The number of benzene rings is 3. The van der Waals surface area contributed by atoms with Crippen LogP contribution < -0.4 is 16.2 Å². The van der Waals surface area contributed by atoms with E-state index in [-0.39, 0.29) is 22.9 Å². The smallest absolute Gasteiger partial charge is 0.280 e.